The number of alkyl halides is 3. The molecule has 1 fully saturated rings. The molecular formula is C22H12F3N3O5S. The van der Waals surface area contributed by atoms with Gasteiger partial charge in [0, 0.05) is 22.7 Å². The molecule has 3 amide bonds. The van der Waals surface area contributed by atoms with Gasteiger partial charge in [0.1, 0.15) is 12.1 Å². The molecule has 0 aliphatic carbocycles. The van der Waals surface area contributed by atoms with Gasteiger partial charge in [-0.15, -0.1) is 11.3 Å². The number of thiophene rings is 1. The largest absolute Gasteiger partial charge is 0.416 e. The lowest BCUT2D eigenvalue weighted by Gasteiger charge is -2.49. The lowest BCUT2D eigenvalue weighted by molar-refractivity contribution is -0.384. The van der Waals surface area contributed by atoms with Crippen LogP contribution in [0.5, 0.6) is 0 Å². The van der Waals surface area contributed by atoms with Gasteiger partial charge >= 0.3 is 6.18 Å². The zero-order chi connectivity index (χ0) is 24.4. The van der Waals surface area contributed by atoms with Crippen LogP contribution >= 0.6 is 11.3 Å². The van der Waals surface area contributed by atoms with Gasteiger partial charge in [0.15, 0.2) is 0 Å². The van der Waals surface area contributed by atoms with E-state index in [0.717, 1.165) is 40.1 Å². The van der Waals surface area contributed by atoms with Gasteiger partial charge < -0.3 is 0 Å². The number of nitro benzene ring substituents is 1. The highest BCUT2D eigenvalue weighted by Crippen LogP contribution is 2.46. The van der Waals surface area contributed by atoms with Crippen molar-refractivity contribution in [3.63, 3.8) is 0 Å². The molecule has 0 bridgehead atoms. The average Bonchev–Trinajstić information content (AvgIpc) is 3.40. The van der Waals surface area contributed by atoms with Gasteiger partial charge in [0.25, 0.3) is 23.4 Å². The third-order valence-corrected chi connectivity index (χ3v) is 6.69. The molecule has 0 unspecified atom stereocenters. The highest BCUT2D eigenvalue weighted by atomic mass is 32.1. The van der Waals surface area contributed by atoms with E-state index in [9.17, 15) is 37.7 Å². The number of imide groups is 1. The van der Waals surface area contributed by atoms with Crippen LogP contribution < -0.4 is 4.90 Å². The molecule has 2 aromatic carbocycles. The summed E-state index contributed by atoms with van der Waals surface area (Å²) in [6.45, 7) is 0. The third kappa shape index (κ3) is 3.17. The number of nitrogens with zero attached hydrogens (tertiary/aromatic N) is 3. The second-order valence-electron chi connectivity index (χ2n) is 7.63. The molecule has 3 aromatic rings. The molecule has 1 saturated heterocycles. The Kier molecular flexibility index (Phi) is 4.79. The number of rotatable bonds is 4. The number of hydrogen-bond acceptors (Lipinski definition) is 6. The summed E-state index contributed by atoms with van der Waals surface area (Å²) in [5, 5.41) is 12.8. The smallest absolute Gasteiger partial charge is 0.300 e. The second kappa shape index (κ2) is 7.48. The number of carbonyl (C=O) groups is 3. The zero-order valence-electron chi connectivity index (χ0n) is 16.9. The quantitative estimate of drug-likeness (QED) is 0.235. The molecule has 0 spiro atoms. The Morgan fingerprint density at radius 3 is 2.26 bits per heavy atom. The van der Waals surface area contributed by atoms with Crippen molar-refractivity contribution in [3.05, 3.63) is 91.7 Å². The molecule has 0 radical (unpaired) electrons. The number of anilines is 1. The van der Waals surface area contributed by atoms with Crippen molar-refractivity contribution in [2.75, 3.05) is 4.90 Å². The fourth-order valence-corrected chi connectivity index (χ4v) is 5.05. The maximum atomic E-state index is 13.2. The number of carbonyl (C=O) groups excluding carboxylic acids is 3. The minimum atomic E-state index is -4.63. The molecule has 2 atom stereocenters. The van der Waals surface area contributed by atoms with E-state index >= 15 is 0 Å². The number of fused-ring (bicyclic) bond motifs is 1. The van der Waals surface area contributed by atoms with Gasteiger partial charge in [-0.3, -0.25) is 34.3 Å². The summed E-state index contributed by atoms with van der Waals surface area (Å²) in [6, 6.07) is 8.55. The summed E-state index contributed by atoms with van der Waals surface area (Å²) in [5.74, 6) is -2.40. The summed E-state index contributed by atoms with van der Waals surface area (Å²) in [4.78, 5) is 52.1. The minimum Gasteiger partial charge on any atom is -0.300 e. The van der Waals surface area contributed by atoms with Crippen molar-refractivity contribution in [1.82, 2.24) is 4.90 Å². The Hall–Kier alpha value is -4.06. The highest BCUT2D eigenvalue weighted by Gasteiger charge is 2.58. The van der Waals surface area contributed by atoms with E-state index in [1.54, 1.807) is 17.5 Å². The molecule has 0 saturated carbocycles. The summed E-state index contributed by atoms with van der Waals surface area (Å²) < 4.78 is 39.7. The van der Waals surface area contributed by atoms with E-state index in [-0.39, 0.29) is 22.5 Å². The average molecular weight is 487 g/mol. The molecule has 5 rings (SSSR count). The summed E-state index contributed by atoms with van der Waals surface area (Å²) >= 11 is 1.22. The number of non-ortho nitro benzene ring substituents is 1. The molecule has 34 heavy (non-hydrogen) atoms. The van der Waals surface area contributed by atoms with E-state index in [0.29, 0.717) is 4.88 Å². The number of nitro groups is 1. The number of benzene rings is 2. The summed E-state index contributed by atoms with van der Waals surface area (Å²) in [5.41, 5.74) is -1.64. The van der Waals surface area contributed by atoms with E-state index in [4.69, 9.17) is 0 Å². The number of halogens is 3. The summed E-state index contributed by atoms with van der Waals surface area (Å²) in [7, 11) is 0. The van der Waals surface area contributed by atoms with E-state index in [2.05, 4.69) is 0 Å². The number of amides is 3. The maximum absolute atomic E-state index is 13.2. The van der Waals surface area contributed by atoms with Crippen molar-refractivity contribution in [3.8, 4) is 0 Å². The molecule has 0 N–H and O–H groups in total. The lowest BCUT2D eigenvalue weighted by atomic mass is 9.90. The van der Waals surface area contributed by atoms with Gasteiger partial charge in [-0.1, -0.05) is 12.1 Å². The SMILES string of the molecule is O=C1c2ccc([N+](=O)[O-])cc2C(=O)N1[C@H]1C(=O)N(c2cccc(C(F)(F)F)c2)[C@H]1c1cccs1. The van der Waals surface area contributed by atoms with Crippen molar-refractivity contribution in [1.29, 1.82) is 0 Å². The van der Waals surface area contributed by atoms with Crippen LogP contribution in [-0.4, -0.2) is 33.6 Å². The van der Waals surface area contributed by atoms with Gasteiger partial charge in [-0.25, -0.2) is 0 Å². The van der Waals surface area contributed by atoms with Crippen LogP contribution in [-0.2, 0) is 11.0 Å². The predicted molar refractivity (Wildman–Crippen MR) is 113 cm³/mol. The molecule has 172 valence electrons. The molecule has 2 aliphatic rings. The third-order valence-electron chi connectivity index (χ3n) is 5.74. The van der Waals surface area contributed by atoms with Gasteiger partial charge in [-0.2, -0.15) is 13.2 Å². The molecule has 3 heterocycles. The fraction of sp³-hybridized carbons (Fsp3) is 0.136. The Morgan fingerprint density at radius 1 is 0.882 bits per heavy atom. The van der Waals surface area contributed by atoms with Crippen LogP contribution in [0.1, 0.15) is 37.2 Å². The summed E-state index contributed by atoms with van der Waals surface area (Å²) in [6.07, 6.45) is -4.63. The van der Waals surface area contributed by atoms with Gasteiger partial charge in [-0.05, 0) is 35.7 Å². The first-order valence-electron chi connectivity index (χ1n) is 9.79. The van der Waals surface area contributed by atoms with Crippen molar-refractivity contribution < 1.29 is 32.5 Å². The van der Waals surface area contributed by atoms with Gasteiger partial charge in [0.05, 0.1) is 21.6 Å². The first kappa shape index (κ1) is 21.8. The van der Waals surface area contributed by atoms with Gasteiger partial charge in [0.2, 0.25) is 0 Å². The van der Waals surface area contributed by atoms with Crippen LogP contribution in [0.15, 0.2) is 60.0 Å². The van der Waals surface area contributed by atoms with Crippen LogP contribution in [0.4, 0.5) is 24.5 Å². The monoisotopic (exact) mass is 487 g/mol. The van der Waals surface area contributed by atoms with Crippen LogP contribution in [0.2, 0.25) is 0 Å². The predicted octanol–water partition coefficient (Wildman–Crippen LogP) is 4.43. The standard InChI is InChI=1S/C22H12F3N3O5S/c23-22(24,25)11-3-1-4-12(9-11)26-17(16-5-2-8-34-16)18(21(26)31)27-19(29)14-7-6-13(28(32)33)10-15(14)20(27)30/h1-10,17-18H/t17-,18+/m0/s1. The highest BCUT2D eigenvalue weighted by molar-refractivity contribution is 7.10. The second-order valence-corrected chi connectivity index (χ2v) is 8.61. The van der Waals surface area contributed by atoms with Crippen molar-refractivity contribution >= 4 is 40.4 Å². The molecular weight excluding hydrogens is 475 g/mol. The number of hydrogen-bond donors (Lipinski definition) is 0. The zero-order valence-corrected chi connectivity index (χ0v) is 17.7. The first-order chi connectivity index (χ1) is 16.1. The molecule has 8 nitrogen and oxygen atoms in total. The van der Waals surface area contributed by atoms with Crippen LogP contribution in [0.25, 0.3) is 0 Å². The Bertz CT molecular complexity index is 1370. The minimum absolute atomic E-state index is 0.0262. The topological polar surface area (TPSA) is 101 Å². The molecule has 12 heteroatoms. The number of β-lactam (4-membered cyclic amide) rings is 1. The van der Waals surface area contributed by atoms with E-state index in [1.165, 1.54) is 23.5 Å². The van der Waals surface area contributed by atoms with E-state index in [1.807, 2.05) is 0 Å². The Morgan fingerprint density at radius 2 is 1.62 bits per heavy atom. The lowest BCUT2D eigenvalue weighted by Crippen LogP contribution is -2.67. The Balaban J connectivity index is 1.55. The molecule has 2 aliphatic heterocycles. The Labute approximate surface area is 193 Å². The van der Waals surface area contributed by atoms with Crippen LogP contribution in [0.3, 0.4) is 0 Å². The first-order valence-corrected chi connectivity index (χ1v) is 10.7. The molecule has 1 aromatic heterocycles. The normalized spacial score (nSPS) is 19.9. The van der Waals surface area contributed by atoms with Crippen LogP contribution in [0, 0.1) is 10.1 Å². The van der Waals surface area contributed by atoms with E-state index < -0.39 is 46.5 Å². The fourth-order valence-electron chi connectivity index (χ4n) is 4.20. The maximum Gasteiger partial charge on any atom is 0.416 e. The van der Waals surface area contributed by atoms with Crippen molar-refractivity contribution in [2.45, 2.75) is 18.3 Å². The van der Waals surface area contributed by atoms with Crippen molar-refractivity contribution in [2.24, 2.45) is 0 Å².